The highest BCUT2D eigenvalue weighted by Crippen LogP contribution is 2.21. The molecule has 1 N–H and O–H groups in total. The van der Waals surface area contributed by atoms with Crippen molar-refractivity contribution in [3.63, 3.8) is 0 Å². The summed E-state index contributed by atoms with van der Waals surface area (Å²) < 4.78 is 2.21. The lowest BCUT2D eigenvalue weighted by atomic mass is 9.90. The lowest BCUT2D eigenvalue weighted by Gasteiger charge is -2.34. The molecule has 0 aliphatic carbocycles. The van der Waals surface area contributed by atoms with Crippen molar-refractivity contribution in [3.05, 3.63) is 54.1 Å². The predicted octanol–water partition coefficient (Wildman–Crippen LogP) is 4.51. The molecule has 0 saturated carbocycles. The van der Waals surface area contributed by atoms with Crippen LogP contribution in [0.4, 0.5) is 0 Å². The molecule has 0 unspecified atom stereocenters. The maximum absolute atomic E-state index is 4.89. The van der Waals surface area contributed by atoms with Gasteiger partial charge in [0.25, 0.3) is 0 Å². The van der Waals surface area contributed by atoms with Crippen LogP contribution in [-0.2, 0) is 13.0 Å². The first-order valence-corrected chi connectivity index (χ1v) is 10.8. The first-order chi connectivity index (χ1) is 13.8. The molecule has 1 aliphatic heterocycles. The van der Waals surface area contributed by atoms with Crippen molar-refractivity contribution >= 4 is 29.9 Å². The number of hydrogen-bond acceptors (Lipinski definition) is 2. The fraction of sp³-hybridized carbons (Fsp3) is 0.565. The number of halogens is 1. The summed E-state index contributed by atoms with van der Waals surface area (Å²) >= 11 is 0. The normalized spacial score (nSPS) is 15.2. The summed E-state index contributed by atoms with van der Waals surface area (Å²) in [6, 6.07) is 10.9. The van der Waals surface area contributed by atoms with E-state index in [1.807, 2.05) is 6.20 Å². The second-order valence-corrected chi connectivity index (χ2v) is 7.73. The number of piperidine rings is 1. The fourth-order valence-corrected chi connectivity index (χ4v) is 3.94. The highest BCUT2D eigenvalue weighted by molar-refractivity contribution is 14.0. The molecule has 0 atom stereocenters. The Hall–Kier alpha value is -1.57. The van der Waals surface area contributed by atoms with E-state index >= 15 is 0 Å². The highest BCUT2D eigenvalue weighted by atomic mass is 127. The maximum atomic E-state index is 4.89. The molecule has 2 heterocycles. The number of imidazole rings is 1. The van der Waals surface area contributed by atoms with Gasteiger partial charge in [0, 0.05) is 45.1 Å². The lowest BCUT2D eigenvalue weighted by molar-refractivity contribution is 0.259. The van der Waals surface area contributed by atoms with Crippen molar-refractivity contribution in [1.82, 2.24) is 19.8 Å². The first kappa shape index (κ1) is 23.7. The SMILES string of the molecule is CCNC(=NCCCCn1ccnc1C)N1CCC(Cc2ccccc2)CC1.I. The zero-order valence-corrected chi connectivity index (χ0v) is 20.2. The average Bonchev–Trinajstić information content (AvgIpc) is 3.13. The van der Waals surface area contributed by atoms with Gasteiger partial charge in [-0.25, -0.2) is 4.98 Å². The molecule has 2 aromatic rings. The standard InChI is InChI=1S/C23H35N5.HI/c1-3-24-23(26-13-7-8-15-27-18-14-25-20(27)2)28-16-11-22(12-17-28)19-21-9-5-4-6-10-21;/h4-6,9-10,14,18,22H,3,7-8,11-13,15-17,19H2,1-2H3,(H,24,26);1H. The van der Waals surface area contributed by atoms with Crippen LogP contribution in [0.5, 0.6) is 0 Å². The molecular formula is C23H36IN5. The van der Waals surface area contributed by atoms with Crippen LogP contribution >= 0.6 is 24.0 Å². The van der Waals surface area contributed by atoms with Crippen molar-refractivity contribution in [2.45, 2.75) is 52.5 Å². The zero-order chi connectivity index (χ0) is 19.6. The first-order valence-electron chi connectivity index (χ1n) is 10.8. The Morgan fingerprint density at radius 1 is 1.17 bits per heavy atom. The minimum absolute atomic E-state index is 0. The van der Waals surface area contributed by atoms with Gasteiger partial charge >= 0.3 is 0 Å². The van der Waals surface area contributed by atoms with E-state index in [1.165, 1.54) is 24.8 Å². The van der Waals surface area contributed by atoms with E-state index in [0.717, 1.165) is 63.3 Å². The summed E-state index contributed by atoms with van der Waals surface area (Å²) in [5.41, 5.74) is 1.47. The molecule has 0 spiro atoms. The van der Waals surface area contributed by atoms with E-state index in [2.05, 4.69) is 70.1 Å². The van der Waals surface area contributed by atoms with Crippen LogP contribution in [0.1, 0.15) is 44.0 Å². The van der Waals surface area contributed by atoms with Gasteiger partial charge in [0.05, 0.1) is 0 Å². The second kappa shape index (κ2) is 12.9. The third kappa shape index (κ3) is 7.64. The number of aliphatic imine (C=N–C) groups is 1. The Kier molecular flexibility index (Phi) is 10.5. The Labute approximate surface area is 193 Å². The van der Waals surface area contributed by atoms with Crippen LogP contribution in [0.25, 0.3) is 0 Å². The van der Waals surface area contributed by atoms with Crippen molar-refractivity contribution in [2.75, 3.05) is 26.2 Å². The molecule has 1 aromatic heterocycles. The van der Waals surface area contributed by atoms with Crippen LogP contribution in [0.3, 0.4) is 0 Å². The van der Waals surface area contributed by atoms with E-state index in [1.54, 1.807) is 0 Å². The maximum Gasteiger partial charge on any atom is 0.193 e. The van der Waals surface area contributed by atoms with E-state index in [0.29, 0.717) is 0 Å². The summed E-state index contributed by atoms with van der Waals surface area (Å²) in [6.45, 7) is 9.28. The van der Waals surface area contributed by atoms with E-state index in [4.69, 9.17) is 4.99 Å². The topological polar surface area (TPSA) is 45.5 Å². The van der Waals surface area contributed by atoms with Crippen LogP contribution in [0.15, 0.2) is 47.7 Å². The number of likely N-dealkylation sites (tertiary alicyclic amines) is 1. The van der Waals surface area contributed by atoms with Gasteiger partial charge in [0.15, 0.2) is 5.96 Å². The minimum atomic E-state index is 0. The van der Waals surface area contributed by atoms with Gasteiger partial charge in [-0.2, -0.15) is 0 Å². The van der Waals surface area contributed by atoms with Crippen molar-refractivity contribution < 1.29 is 0 Å². The van der Waals surface area contributed by atoms with E-state index < -0.39 is 0 Å². The molecule has 0 amide bonds. The van der Waals surface area contributed by atoms with E-state index in [9.17, 15) is 0 Å². The molecule has 160 valence electrons. The molecule has 0 radical (unpaired) electrons. The van der Waals surface area contributed by atoms with Gasteiger partial charge < -0.3 is 14.8 Å². The number of unbranched alkanes of at least 4 members (excludes halogenated alkanes) is 1. The molecule has 1 aromatic carbocycles. The molecular weight excluding hydrogens is 473 g/mol. The summed E-state index contributed by atoms with van der Waals surface area (Å²) in [4.78, 5) is 11.6. The summed E-state index contributed by atoms with van der Waals surface area (Å²) in [6.07, 6.45) is 9.88. The quantitative estimate of drug-likeness (QED) is 0.247. The van der Waals surface area contributed by atoms with Gasteiger partial charge in [-0.3, -0.25) is 4.99 Å². The van der Waals surface area contributed by atoms with Gasteiger partial charge in [-0.15, -0.1) is 24.0 Å². The largest absolute Gasteiger partial charge is 0.357 e. The Balaban J connectivity index is 0.00000300. The summed E-state index contributed by atoms with van der Waals surface area (Å²) in [7, 11) is 0. The molecule has 29 heavy (non-hydrogen) atoms. The number of rotatable bonds is 8. The number of nitrogens with one attached hydrogen (secondary N) is 1. The molecule has 3 rings (SSSR count). The van der Waals surface area contributed by atoms with Gasteiger partial charge in [0.1, 0.15) is 5.82 Å². The fourth-order valence-electron chi connectivity index (χ4n) is 3.94. The number of aryl methyl sites for hydroxylation is 2. The summed E-state index contributed by atoms with van der Waals surface area (Å²) in [5.74, 6) is 2.98. The molecule has 1 fully saturated rings. The zero-order valence-electron chi connectivity index (χ0n) is 17.9. The number of guanidine groups is 1. The number of aromatic nitrogens is 2. The molecule has 0 bridgehead atoms. The lowest BCUT2D eigenvalue weighted by Crippen LogP contribution is -2.46. The third-order valence-corrected chi connectivity index (χ3v) is 5.61. The highest BCUT2D eigenvalue weighted by Gasteiger charge is 2.21. The van der Waals surface area contributed by atoms with Crippen LogP contribution < -0.4 is 5.32 Å². The van der Waals surface area contributed by atoms with Crippen molar-refractivity contribution in [3.8, 4) is 0 Å². The number of nitrogens with zero attached hydrogens (tertiary/aromatic N) is 4. The van der Waals surface area contributed by atoms with Crippen LogP contribution in [0.2, 0.25) is 0 Å². The molecule has 1 saturated heterocycles. The number of hydrogen-bond donors (Lipinski definition) is 1. The molecule has 1 aliphatic rings. The van der Waals surface area contributed by atoms with Gasteiger partial charge in [0.2, 0.25) is 0 Å². The molecule has 6 heteroatoms. The number of benzene rings is 1. The van der Waals surface area contributed by atoms with Gasteiger partial charge in [-0.1, -0.05) is 30.3 Å². The average molecular weight is 509 g/mol. The summed E-state index contributed by atoms with van der Waals surface area (Å²) in [5, 5.41) is 3.49. The monoisotopic (exact) mass is 509 g/mol. The van der Waals surface area contributed by atoms with Crippen molar-refractivity contribution in [2.24, 2.45) is 10.9 Å². The van der Waals surface area contributed by atoms with E-state index in [-0.39, 0.29) is 24.0 Å². The minimum Gasteiger partial charge on any atom is -0.357 e. The van der Waals surface area contributed by atoms with Crippen LogP contribution in [-0.4, -0.2) is 46.6 Å². The predicted molar refractivity (Wildman–Crippen MR) is 132 cm³/mol. The second-order valence-electron chi connectivity index (χ2n) is 7.73. The van der Waals surface area contributed by atoms with Gasteiger partial charge in [-0.05, 0) is 57.4 Å². The Bertz CT molecular complexity index is 720. The van der Waals surface area contributed by atoms with Crippen molar-refractivity contribution in [1.29, 1.82) is 0 Å². The molecule has 5 nitrogen and oxygen atoms in total. The Morgan fingerprint density at radius 2 is 1.93 bits per heavy atom. The smallest absolute Gasteiger partial charge is 0.193 e. The Morgan fingerprint density at radius 3 is 2.59 bits per heavy atom. The van der Waals surface area contributed by atoms with Crippen LogP contribution in [0, 0.1) is 12.8 Å². The third-order valence-electron chi connectivity index (χ3n) is 5.61.